The lowest BCUT2D eigenvalue weighted by atomic mass is 10.1. The molecule has 1 heterocycles. The van der Waals surface area contributed by atoms with Crippen molar-refractivity contribution >= 4 is 15.9 Å². The Morgan fingerprint density at radius 2 is 1.73 bits per heavy atom. The Bertz CT molecular complexity index is 865. The van der Waals surface area contributed by atoms with E-state index in [1.54, 1.807) is 44.2 Å². The summed E-state index contributed by atoms with van der Waals surface area (Å²) < 4.78 is 31.8. The van der Waals surface area contributed by atoms with Crippen LogP contribution < -0.4 is 5.32 Å². The molecule has 1 N–H and O–H groups in total. The molecule has 1 amide bonds. The van der Waals surface area contributed by atoms with Gasteiger partial charge in [0.05, 0.1) is 16.5 Å². The summed E-state index contributed by atoms with van der Waals surface area (Å²) >= 11 is 0. The number of sulfonamides is 1. The first-order chi connectivity index (χ1) is 12.2. The Balaban J connectivity index is 2.15. The van der Waals surface area contributed by atoms with Crippen LogP contribution in [0, 0.1) is 13.8 Å². The molecule has 6 nitrogen and oxygen atoms in total. The number of hydrogen-bond acceptors (Lipinski definition) is 4. The Morgan fingerprint density at radius 1 is 1.15 bits per heavy atom. The molecule has 7 heteroatoms. The summed E-state index contributed by atoms with van der Waals surface area (Å²) in [6.07, 6.45) is 0. The Morgan fingerprint density at radius 3 is 2.19 bits per heavy atom. The van der Waals surface area contributed by atoms with Crippen LogP contribution in [0.2, 0.25) is 0 Å². The van der Waals surface area contributed by atoms with E-state index in [0.717, 1.165) is 5.56 Å². The minimum atomic E-state index is -3.48. The molecule has 26 heavy (non-hydrogen) atoms. The van der Waals surface area contributed by atoms with Gasteiger partial charge in [0.1, 0.15) is 11.5 Å². The molecule has 2 aromatic rings. The fourth-order valence-electron chi connectivity index (χ4n) is 2.86. The number of nitrogens with one attached hydrogen (secondary N) is 1. The van der Waals surface area contributed by atoms with E-state index < -0.39 is 10.0 Å². The first-order valence-corrected chi connectivity index (χ1v) is 10.1. The molecule has 0 spiro atoms. The van der Waals surface area contributed by atoms with Crippen molar-refractivity contribution in [3.8, 4) is 0 Å². The zero-order chi connectivity index (χ0) is 19.5. The van der Waals surface area contributed by atoms with E-state index in [1.807, 2.05) is 20.8 Å². The van der Waals surface area contributed by atoms with Crippen molar-refractivity contribution in [3.05, 3.63) is 53.0 Å². The number of benzene rings is 1. The molecular formula is C19H26N2O4S. The summed E-state index contributed by atoms with van der Waals surface area (Å²) in [4.78, 5) is 12.6. The van der Waals surface area contributed by atoms with Crippen molar-refractivity contribution in [1.29, 1.82) is 0 Å². The first kappa shape index (κ1) is 20.2. The summed E-state index contributed by atoms with van der Waals surface area (Å²) in [5, 5.41) is 2.91. The Hall–Kier alpha value is -2.12. The van der Waals surface area contributed by atoms with Gasteiger partial charge in [-0.25, -0.2) is 8.42 Å². The Kier molecular flexibility index (Phi) is 6.26. The van der Waals surface area contributed by atoms with E-state index in [-0.39, 0.29) is 16.8 Å². The first-order valence-electron chi connectivity index (χ1n) is 8.68. The van der Waals surface area contributed by atoms with Gasteiger partial charge in [-0.05, 0) is 44.5 Å². The summed E-state index contributed by atoms with van der Waals surface area (Å²) in [6.45, 7) is 9.88. The van der Waals surface area contributed by atoms with Crippen molar-refractivity contribution in [2.45, 2.75) is 45.6 Å². The quantitative estimate of drug-likeness (QED) is 0.801. The second kappa shape index (κ2) is 8.05. The van der Waals surface area contributed by atoms with Crippen LogP contribution in [0.1, 0.15) is 54.3 Å². The molecule has 1 atom stereocenters. The highest BCUT2D eigenvalue weighted by Crippen LogP contribution is 2.20. The third-order valence-corrected chi connectivity index (χ3v) is 6.42. The number of hydrogen-bond donors (Lipinski definition) is 1. The molecule has 0 fully saturated rings. The van der Waals surface area contributed by atoms with Gasteiger partial charge >= 0.3 is 0 Å². The van der Waals surface area contributed by atoms with Gasteiger partial charge < -0.3 is 9.73 Å². The smallest absolute Gasteiger partial charge is 0.255 e. The molecular weight excluding hydrogens is 352 g/mol. The molecule has 0 saturated heterocycles. The molecule has 0 bridgehead atoms. The fraction of sp³-hybridized carbons (Fsp3) is 0.421. The van der Waals surface area contributed by atoms with E-state index in [4.69, 9.17) is 4.42 Å². The third kappa shape index (κ3) is 4.16. The monoisotopic (exact) mass is 378 g/mol. The molecule has 0 aliphatic carbocycles. The molecule has 0 radical (unpaired) electrons. The van der Waals surface area contributed by atoms with E-state index in [9.17, 15) is 13.2 Å². The summed E-state index contributed by atoms with van der Waals surface area (Å²) in [7, 11) is -3.48. The summed E-state index contributed by atoms with van der Waals surface area (Å²) in [5.41, 5.74) is 1.34. The van der Waals surface area contributed by atoms with Crippen molar-refractivity contribution in [2.75, 3.05) is 13.1 Å². The van der Waals surface area contributed by atoms with Gasteiger partial charge in [-0.1, -0.05) is 26.0 Å². The maximum absolute atomic E-state index is 12.5. The average molecular weight is 378 g/mol. The highest BCUT2D eigenvalue weighted by Gasteiger charge is 2.22. The van der Waals surface area contributed by atoms with Crippen LogP contribution in [-0.2, 0) is 10.0 Å². The highest BCUT2D eigenvalue weighted by molar-refractivity contribution is 7.89. The number of carbonyl (C=O) groups is 1. The van der Waals surface area contributed by atoms with Gasteiger partial charge in [0.2, 0.25) is 10.0 Å². The van der Waals surface area contributed by atoms with Crippen LogP contribution in [0.3, 0.4) is 0 Å². The highest BCUT2D eigenvalue weighted by atomic mass is 32.2. The molecule has 0 aliphatic rings. The maximum Gasteiger partial charge on any atom is 0.255 e. The molecule has 1 aromatic heterocycles. The lowest BCUT2D eigenvalue weighted by molar-refractivity contribution is 0.0938. The number of aryl methyl sites for hydroxylation is 2. The lowest BCUT2D eigenvalue weighted by Gasteiger charge is -2.19. The zero-order valence-corrected chi connectivity index (χ0v) is 16.7. The van der Waals surface area contributed by atoms with Crippen molar-refractivity contribution in [3.63, 3.8) is 0 Å². The summed E-state index contributed by atoms with van der Waals surface area (Å²) in [5.74, 6) is 1.05. The molecule has 1 unspecified atom stereocenters. The molecule has 0 saturated carbocycles. The maximum atomic E-state index is 12.5. The Labute approximate surface area is 155 Å². The van der Waals surface area contributed by atoms with Gasteiger partial charge in [0.25, 0.3) is 5.91 Å². The molecule has 142 valence electrons. The second-order valence-electron chi connectivity index (χ2n) is 6.18. The van der Waals surface area contributed by atoms with E-state index in [2.05, 4.69) is 5.32 Å². The average Bonchev–Trinajstić information content (AvgIpc) is 2.94. The van der Waals surface area contributed by atoms with E-state index >= 15 is 0 Å². The molecule has 1 aromatic carbocycles. The topological polar surface area (TPSA) is 79.6 Å². The van der Waals surface area contributed by atoms with E-state index in [0.29, 0.717) is 30.2 Å². The van der Waals surface area contributed by atoms with Crippen LogP contribution in [0.4, 0.5) is 0 Å². The van der Waals surface area contributed by atoms with Gasteiger partial charge in [0, 0.05) is 13.1 Å². The number of furan rings is 1. The second-order valence-corrected chi connectivity index (χ2v) is 8.12. The van der Waals surface area contributed by atoms with Crippen LogP contribution in [0.15, 0.2) is 39.6 Å². The molecule has 2 rings (SSSR count). The van der Waals surface area contributed by atoms with Crippen molar-refractivity contribution in [2.24, 2.45) is 0 Å². The van der Waals surface area contributed by atoms with E-state index in [1.165, 1.54) is 4.31 Å². The predicted octanol–water partition coefficient (Wildman–Crippen LogP) is 3.42. The van der Waals surface area contributed by atoms with Gasteiger partial charge in [-0.2, -0.15) is 4.31 Å². The van der Waals surface area contributed by atoms with Crippen LogP contribution in [0.5, 0.6) is 0 Å². The lowest BCUT2D eigenvalue weighted by Crippen LogP contribution is -2.30. The fourth-order valence-corrected chi connectivity index (χ4v) is 4.31. The van der Waals surface area contributed by atoms with Gasteiger partial charge in [-0.15, -0.1) is 0 Å². The normalized spacial score (nSPS) is 13.0. The molecule has 0 aliphatic heterocycles. The van der Waals surface area contributed by atoms with Gasteiger partial charge in [-0.3, -0.25) is 4.79 Å². The minimum absolute atomic E-state index is 0.216. The number of nitrogens with zero attached hydrogens (tertiary/aromatic N) is 1. The van der Waals surface area contributed by atoms with Crippen molar-refractivity contribution in [1.82, 2.24) is 9.62 Å². The number of amides is 1. The predicted molar refractivity (Wildman–Crippen MR) is 101 cm³/mol. The van der Waals surface area contributed by atoms with Crippen molar-refractivity contribution < 1.29 is 17.6 Å². The standard InChI is InChI=1S/C19H26N2O4S/c1-6-21(7-2)26(23,24)17-10-8-16(9-11-17)14(4)20-19(22)18-12-13(3)25-15(18)5/h8-12,14H,6-7H2,1-5H3,(H,20,22). The summed E-state index contributed by atoms with van der Waals surface area (Å²) in [6, 6.07) is 8.07. The SMILES string of the molecule is CCN(CC)S(=O)(=O)c1ccc(C(C)NC(=O)c2cc(C)oc2C)cc1. The van der Waals surface area contributed by atoms with Crippen LogP contribution >= 0.6 is 0 Å². The minimum Gasteiger partial charge on any atom is -0.466 e. The number of carbonyl (C=O) groups excluding carboxylic acids is 1. The largest absolute Gasteiger partial charge is 0.466 e. The third-order valence-electron chi connectivity index (χ3n) is 4.36. The van der Waals surface area contributed by atoms with Crippen LogP contribution in [-0.4, -0.2) is 31.7 Å². The number of rotatable bonds is 7. The van der Waals surface area contributed by atoms with Gasteiger partial charge in [0.15, 0.2) is 0 Å². The zero-order valence-electron chi connectivity index (χ0n) is 15.9. The van der Waals surface area contributed by atoms with Crippen LogP contribution in [0.25, 0.3) is 0 Å².